The number of thiophene rings is 1. The zero-order chi connectivity index (χ0) is 15.6. The Hall–Kier alpha value is -2.02. The van der Waals surface area contributed by atoms with Gasteiger partial charge < -0.3 is 15.7 Å². The summed E-state index contributed by atoms with van der Waals surface area (Å²) in [5, 5.41) is 18.2. The first kappa shape index (κ1) is 14.6. The molecule has 1 aliphatic rings. The van der Waals surface area contributed by atoms with Crippen LogP contribution >= 0.6 is 11.3 Å². The molecule has 1 aromatic carbocycles. The van der Waals surface area contributed by atoms with E-state index in [1.165, 1.54) is 10.4 Å². The number of aliphatic hydroxyl groups is 1. The van der Waals surface area contributed by atoms with Crippen LogP contribution in [-0.4, -0.2) is 28.2 Å². The van der Waals surface area contributed by atoms with Crippen molar-refractivity contribution >= 4 is 27.4 Å². The molecule has 0 bridgehead atoms. The summed E-state index contributed by atoms with van der Waals surface area (Å²) in [6, 6.07) is 9.68. The molecule has 0 spiro atoms. The standard InChI is InChI=1S/C17H18N4OS/c22-13(11-4-2-1-3-5-11)8-19-16-15-12-6-7-18-9-14(12)23-17(15)21-10-20-16/h1-5,10,13,18,22H,6-9H2,(H,19,20,21). The van der Waals surface area contributed by atoms with E-state index in [1.54, 1.807) is 17.7 Å². The molecule has 1 aliphatic heterocycles. The molecule has 2 aromatic heterocycles. The third-order valence-electron chi connectivity index (χ3n) is 4.16. The molecule has 0 radical (unpaired) electrons. The summed E-state index contributed by atoms with van der Waals surface area (Å²) in [6.45, 7) is 2.32. The topological polar surface area (TPSA) is 70.1 Å². The summed E-state index contributed by atoms with van der Waals surface area (Å²) in [5.74, 6) is 0.824. The highest BCUT2D eigenvalue weighted by molar-refractivity contribution is 7.18. The molecule has 0 saturated carbocycles. The average Bonchev–Trinajstić information content (AvgIpc) is 2.99. The Kier molecular flexibility index (Phi) is 3.95. The van der Waals surface area contributed by atoms with Crippen LogP contribution in [0.25, 0.3) is 10.2 Å². The van der Waals surface area contributed by atoms with Crippen molar-refractivity contribution in [2.75, 3.05) is 18.4 Å². The maximum Gasteiger partial charge on any atom is 0.138 e. The molecule has 1 atom stereocenters. The number of anilines is 1. The number of hydrogen-bond acceptors (Lipinski definition) is 6. The van der Waals surface area contributed by atoms with Gasteiger partial charge in [0.2, 0.25) is 0 Å². The molecule has 0 aliphatic carbocycles. The molecular weight excluding hydrogens is 308 g/mol. The first-order valence-electron chi connectivity index (χ1n) is 7.76. The Morgan fingerprint density at radius 2 is 2.13 bits per heavy atom. The number of aliphatic hydroxyl groups excluding tert-OH is 1. The van der Waals surface area contributed by atoms with Crippen LogP contribution < -0.4 is 10.6 Å². The van der Waals surface area contributed by atoms with E-state index in [0.717, 1.165) is 41.1 Å². The molecule has 1 unspecified atom stereocenters. The zero-order valence-electron chi connectivity index (χ0n) is 12.6. The van der Waals surface area contributed by atoms with Crippen LogP contribution in [-0.2, 0) is 13.0 Å². The molecular formula is C17H18N4OS. The number of fused-ring (bicyclic) bond motifs is 3. The summed E-state index contributed by atoms with van der Waals surface area (Å²) < 4.78 is 0. The van der Waals surface area contributed by atoms with Gasteiger partial charge >= 0.3 is 0 Å². The lowest BCUT2D eigenvalue weighted by atomic mass is 10.1. The van der Waals surface area contributed by atoms with Crippen molar-refractivity contribution in [1.82, 2.24) is 15.3 Å². The van der Waals surface area contributed by atoms with E-state index in [1.807, 2.05) is 30.3 Å². The molecule has 0 amide bonds. The van der Waals surface area contributed by atoms with Crippen LogP contribution in [0.3, 0.4) is 0 Å². The molecule has 5 nitrogen and oxygen atoms in total. The monoisotopic (exact) mass is 326 g/mol. The van der Waals surface area contributed by atoms with Crippen LogP contribution in [0.1, 0.15) is 22.1 Å². The molecule has 23 heavy (non-hydrogen) atoms. The minimum atomic E-state index is -0.558. The number of aromatic nitrogens is 2. The molecule has 3 aromatic rings. The maximum atomic E-state index is 10.3. The summed E-state index contributed by atoms with van der Waals surface area (Å²) in [7, 11) is 0. The highest BCUT2D eigenvalue weighted by atomic mass is 32.1. The predicted molar refractivity (Wildman–Crippen MR) is 92.7 cm³/mol. The third kappa shape index (κ3) is 2.81. The number of rotatable bonds is 4. The number of nitrogens with one attached hydrogen (secondary N) is 2. The SMILES string of the molecule is OC(CNc1ncnc2sc3c(c12)CCNC3)c1ccccc1. The van der Waals surface area contributed by atoms with Crippen molar-refractivity contribution in [3.63, 3.8) is 0 Å². The second-order valence-electron chi connectivity index (χ2n) is 5.64. The van der Waals surface area contributed by atoms with Crippen LogP contribution in [0.4, 0.5) is 5.82 Å². The van der Waals surface area contributed by atoms with Gasteiger partial charge in [-0.2, -0.15) is 0 Å². The minimum absolute atomic E-state index is 0.430. The van der Waals surface area contributed by atoms with Crippen LogP contribution in [0.15, 0.2) is 36.7 Å². The van der Waals surface area contributed by atoms with Gasteiger partial charge in [0.15, 0.2) is 0 Å². The highest BCUT2D eigenvalue weighted by Crippen LogP contribution is 2.35. The molecule has 4 rings (SSSR count). The quantitative estimate of drug-likeness (QED) is 0.687. The normalized spacial score (nSPS) is 15.3. The van der Waals surface area contributed by atoms with Gasteiger partial charge in [-0.25, -0.2) is 9.97 Å². The predicted octanol–water partition coefficient (Wildman–Crippen LogP) is 2.48. The lowest BCUT2D eigenvalue weighted by Crippen LogP contribution is -2.22. The van der Waals surface area contributed by atoms with Gasteiger partial charge in [0.25, 0.3) is 0 Å². The van der Waals surface area contributed by atoms with Crippen LogP contribution in [0.5, 0.6) is 0 Å². The van der Waals surface area contributed by atoms with Crippen molar-refractivity contribution in [3.8, 4) is 0 Å². The Labute approximate surface area is 138 Å². The van der Waals surface area contributed by atoms with E-state index in [2.05, 4.69) is 20.6 Å². The lowest BCUT2D eigenvalue weighted by Gasteiger charge is -2.15. The van der Waals surface area contributed by atoms with Gasteiger partial charge in [0, 0.05) is 18.0 Å². The molecule has 0 fully saturated rings. The Morgan fingerprint density at radius 3 is 3.00 bits per heavy atom. The summed E-state index contributed by atoms with van der Waals surface area (Å²) >= 11 is 1.73. The van der Waals surface area contributed by atoms with E-state index in [4.69, 9.17) is 0 Å². The first-order valence-corrected chi connectivity index (χ1v) is 8.57. The minimum Gasteiger partial charge on any atom is -0.387 e. The third-order valence-corrected chi connectivity index (χ3v) is 5.30. The van der Waals surface area contributed by atoms with E-state index >= 15 is 0 Å². The highest BCUT2D eigenvalue weighted by Gasteiger charge is 2.20. The Bertz CT molecular complexity index is 818. The fourth-order valence-corrected chi connectivity index (χ4v) is 4.14. The summed E-state index contributed by atoms with van der Waals surface area (Å²) in [6.07, 6.45) is 2.03. The fourth-order valence-electron chi connectivity index (χ4n) is 2.98. The first-order chi connectivity index (χ1) is 11.3. The second kappa shape index (κ2) is 6.23. The van der Waals surface area contributed by atoms with Gasteiger partial charge in [-0.1, -0.05) is 30.3 Å². The summed E-state index contributed by atoms with van der Waals surface area (Å²) in [4.78, 5) is 11.2. The second-order valence-corrected chi connectivity index (χ2v) is 6.72. The average molecular weight is 326 g/mol. The van der Waals surface area contributed by atoms with E-state index in [-0.39, 0.29) is 0 Å². The molecule has 118 valence electrons. The van der Waals surface area contributed by atoms with Gasteiger partial charge in [-0.05, 0) is 24.1 Å². The number of hydrogen-bond donors (Lipinski definition) is 3. The largest absolute Gasteiger partial charge is 0.387 e. The van der Waals surface area contributed by atoms with Gasteiger partial charge in [0.05, 0.1) is 11.5 Å². The van der Waals surface area contributed by atoms with Gasteiger partial charge in [-0.3, -0.25) is 0 Å². The van der Waals surface area contributed by atoms with Crippen molar-refractivity contribution in [2.24, 2.45) is 0 Å². The molecule has 6 heteroatoms. The fraction of sp³-hybridized carbons (Fsp3) is 0.294. The van der Waals surface area contributed by atoms with Crippen molar-refractivity contribution in [1.29, 1.82) is 0 Å². The Morgan fingerprint density at radius 1 is 1.26 bits per heavy atom. The van der Waals surface area contributed by atoms with Crippen molar-refractivity contribution < 1.29 is 5.11 Å². The van der Waals surface area contributed by atoms with Crippen LogP contribution in [0, 0.1) is 0 Å². The number of benzene rings is 1. The van der Waals surface area contributed by atoms with Crippen molar-refractivity contribution in [2.45, 2.75) is 19.1 Å². The van der Waals surface area contributed by atoms with E-state index in [9.17, 15) is 5.11 Å². The van der Waals surface area contributed by atoms with E-state index < -0.39 is 6.10 Å². The Balaban J connectivity index is 1.60. The molecule has 3 heterocycles. The van der Waals surface area contributed by atoms with Crippen molar-refractivity contribution in [3.05, 3.63) is 52.7 Å². The zero-order valence-corrected chi connectivity index (χ0v) is 13.4. The summed E-state index contributed by atoms with van der Waals surface area (Å²) in [5.41, 5.74) is 2.25. The number of nitrogens with zero attached hydrogens (tertiary/aromatic N) is 2. The van der Waals surface area contributed by atoms with Gasteiger partial charge in [-0.15, -0.1) is 11.3 Å². The smallest absolute Gasteiger partial charge is 0.138 e. The molecule has 0 saturated heterocycles. The lowest BCUT2D eigenvalue weighted by molar-refractivity contribution is 0.191. The maximum absolute atomic E-state index is 10.3. The van der Waals surface area contributed by atoms with Gasteiger partial charge in [0.1, 0.15) is 17.0 Å². The van der Waals surface area contributed by atoms with E-state index in [0.29, 0.717) is 6.54 Å². The molecule has 3 N–H and O–H groups in total. The van der Waals surface area contributed by atoms with Crippen LogP contribution in [0.2, 0.25) is 0 Å².